The minimum Gasteiger partial charge on any atom is -0.352 e. The Balaban J connectivity index is 1.88. The van der Waals surface area contributed by atoms with Crippen molar-refractivity contribution in [2.75, 3.05) is 17.1 Å². The smallest absolute Gasteiger partial charge is 0.244 e. The van der Waals surface area contributed by atoms with Crippen LogP contribution in [0.25, 0.3) is 0 Å². The Hall–Kier alpha value is -2.65. The van der Waals surface area contributed by atoms with Gasteiger partial charge in [0.1, 0.15) is 18.4 Å². The Kier molecular flexibility index (Phi) is 9.35. The van der Waals surface area contributed by atoms with Crippen LogP contribution in [0.1, 0.15) is 50.2 Å². The van der Waals surface area contributed by atoms with Crippen LogP contribution < -0.4 is 9.62 Å². The molecule has 0 aromatic heterocycles. The fraction of sp³-hybridized carbons (Fsp3) is 0.462. The molecule has 1 N–H and O–H groups in total. The summed E-state index contributed by atoms with van der Waals surface area (Å²) in [6.45, 7) is 3.14. The van der Waals surface area contributed by atoms with Crippen molar-refractivity contribution in [3.8, 4) is 0 Å². The molecule has 1 fully saturated rings. The minimum absolute atomic E-state index is 0.0621. The predicted molar refractivity (Wildman–Crippen MR) is 140 cm³/mol. The standard InChI is InChI=1S/C26H33ClFN3O4S/c1-18-8-7-9-20(14-18)16-30(19(2)26(33)29-21-10-5-4-6-11-21)25(32)17-31(36(3,34)35)22-12-13-24(28)23(27)15-22/h7-9,12-15,19,21H,4-6,10-11,16-17H2,1-3H3,(H,29,33)/t19-/m1/s1. The van der Waals surface area contributed by atoms with E-state index in [9.17, 15) is 22.4 Å². The van der Waals surface area contributed by atoms with E-state index in [0.717, 1.165) is 65.9 Å². The molecule has 1 aliphatic rings. The van der Waals surface area contributed by atoms with Crippen LogP contribution in [-0.4, -0.2) is 50.0 Å². The highest BCUT2D eigenvalue weighted by molar-refractivity contribution is 7.92. The second-order valence-electron chi connectivity index (χ2n) is 9.40. The molecule has 7 nitrogen and oxygen atoms in total. The topological polar surface area (TPSA) is 86.8 Å². The number of carbonyl (C=O) groups is 2. The third-order valence-electron chi connectivity index (χ3n) is 6.42. The van der Waals surface area contributed by atoms with E-state index in [4.69, 9.17) is 11.6 Å². The van der Waals surface area contributed by atoms with Gasteiger partial charge in [0.15, 0.2) is 0 Å². The van der Waals surface area contributed by atoms with Gasteiger partial charge in [-0.2, -0.15) is 0 Å². The Bertz CT molecular complexity index is 1200. The largest absolute Gasteiger partial charge is 0.352 e. The predicted octanol–water partition coefficient (Wildman–Crippen LogP) is 4.42. The van der Waals surface area contributed by atoms with Crippen molar-refractivity contribution in [3.63, 3.8) is 0 Å². The zero-order valence-electron chi connectivity index (χ0n) is 20.8. The summed E-state index contributed by atoms with van der Waals surface area (Å²) >= 11 is 5.87. The molecule has 2 aromatic carbocycles. The number of hydrogen-bond donors (Lipinski definition) is 1. The number of sulfonamides is 1. The molecular formula is C26H33ClFN3O4S. The quantitative estimate of drug-likeness (QED) is 0.513. The fourth-order valence-corrected chi connectivity index (χ4v) is 5.43. The van der Waals surface area contributed by atoms with Gasteiger partial charge in [0.05, 0.1) is 17.0 Å². The molecule has 1 aliphatic carbocycles. The third-order valence-corrected chi connectivity index (χ3v) is 7.85. The number of anilines is 1. The Labute approximate surface area is 217 Å². The maximum atomic E-state index is 13.7. The zero-order valence-corrected chi connectivity index (χ0v) is 22.4. The van der Waals surface area contributed by atoms with Crippen molar-refractivity contribution in [2.45, 2.75) is 64.6 Å². The Morgan fingerprint density at radius 3 is 2.44 bits per heavy atom. The van der Waals surface area contributed by atoms with Gasteiger partial charge in [-0.25, -0.2) is 12.8 Å². The SMILES string of the molecule is Cc1cccc(CN(C(=O)CN(c2ccc(F)c(Cl)c2)S(C)(=O)=O)[C@H](C)C(=O)NC2CCCCC2)c1. The van der Waals surface area contributed by atoms with Crippen LogP contribution in [0.2, 0.25) is 5.02 Å². The summed E-state index contributed by atoms with van der Waals surface area (Å²) in [4.78, 5) is 28.1. The molecule has 2 amide bonds. The second-order valence-corrected chi connectivity index (χ2v) is 11.7. The molecule has 0 saturated heterocycles. The van der Waals surface area contributed by atoms with Crippen LogP contribution in [0, 0.1) is 12.7 Å². The van der Waals surface area contributed by atoms with E-state index < -0.39 is 34.3 Å². The second kappa shape index (κ2) is 12.1. The van der Waals surface area contributed by atoms with Crippen LogP contribution in [0.3, 0.4) is 0 Å². The van der Waals surface area contributed by atoms with Gasteiger partial charge in [0.25, 0.3) is 0 Å². The maximum Gasteiger partial charge on any atom is 0.244 e. The van der Waals surface area contributed by atoms with Gasteiger partial charge >= 0.3 is 0 Å². The van der Waals surface area contributed by atoms with Crippen LogP contribution in [0.5, 0.6) is 0 Å². The molecule has 196 valence electrons. The van der Waals surface area contributed by atoms with E-state index in [-0.39, 0.29) is 29.2 Å². The molecule has 3 rings (SSSR count). The van der Waals surface area contributed by atoms with Crippen molar-refractivity contribution >= 4 is 39.1 Å². The van der Waals surface area contributed by atoms with Crippen LogP contribution in [0.15, 0.2) is 42.5 Å². The lowest BCUT2D eigenvalue weighted by Gasteiger charge is -2.33. The first-order chi connectivity index (χ1) is 17.0. The average Bonchev–Trinajstić information content (AvgIpc) is 2.82. The third kappa shape index (κ3) is 7.43. The van der Waals surface area contributed by atoms with Gasteiger partial charge in [-0.3, -0.25) is 13.9 Å². The molecule has 0 spiro atoms. The molecule has 0 radical (unpaired) electrons. The molecule has 0 unspecified atom stereocenters. The van der Waals surface area contributed by atoms with Gasteiger partial charge in [0.2, 0.25) is 21.8 Å². The highest BCUT2D eigenvalue weighted by Crippen LogP contribution is 2.25. The summed E-state index contributed by atoms with van der Waals surface area (Å²) in [6.07, 6.45) is 6.01. The molecule has 0 heterocycles. The van der Waals surface area contributed by atoms with E-state index in [2.05, 4.69) is 5.32 Å². The van der Waals surface area contributed by atoms with Crippen molar-refractivity contribution in [2.24, 2.45) is 0 Å². The summed E-state index contributed by atoms with van der Waals surface area (Å²) in [5, 5.41) is 2.80. The lowest BCUT2D eigenvalue weighted by Crippen LogP contribution is -2.53. The van der Waals surface area contributed by atoms with Crippen molar-refractivity contribution < 1.29 is 22.4 Å². The molecular weight excluding hydrogens is 505 g/mol. The molecule has 2 aromatic rings. The number of carbonyl (C=O) groups excluding carboxylic acids is 2. The minimum atomic E-state index is -3.92. The van der Waals surface area contributed by atoms with Gasteiger partial charge < -0.3 is 10.2 Å². The normalized spacial score (nSPS) is 15.2. The van der Waals surface area contributed by atoms with Crippen LogP contribution in [-0.2, 0) is 26.2 Å². The molecule has 36 heavy (non-hydrogen) atoms. The molecule has 0 aliphatic heterocycles. The Morgan fingerprint density at radius 1 is 1.14 bits per heavy atom. The van der Waals surface area contributed by atoms with Crippen molar-refractivity contribution in [1.82, 2.24) is 10.2 Å². The lowest BCUT2D eigenvalue weighted by atomic mass is 9.95. The number of halogens is 2. The highest BCUT2D eigenvalue weighted by atomic mass is 35.5. The van der Waals surface area contributed by atoms with Gasteiger partial charge in [-0.1, -0.05) is 60.7 Å². The van der Waals surface area contributed by atoms with E-state index in [0.29, 0.717) is 0 Å². The first-order valence-electron chi connectivity index (χ1n) is 12.0. The maximum absolute atomic E-state index is 13.7. The molecule has 10 heteroatoms. The number of benzene rings is 2. The number of rotatable bonds is 9. The van der Waals surface area contributed by atoms with Gasteiger partial charge in [-0.05, 0) is 50.5 Å². The van der Waals surface area contributed by atoms with E-state index in [1.165, 1.54) is 11.0 Å². The summed E-state index contributed by atoms with van der Waals surface area (Å²) in [5.74, 6) is -1.54. The molecule has 1 atom stereocenters. The fourth-order valence-electron chi connectivity index (χ4n) is 4.41. The van der Waals surface area contributed by atoms with E-state index in [1.54, 1.807) is 6.92 Å². The summed E-state index contributed by atoms with van der Waals surface area (Å²) in [7, 11) is -3.92. The Morgan fingerprint density at radius 2 is 1.83 bits per heavy atom. The number of nitrogens with one attached hydrogen (secondary N) is 1. The van der Waals surface area contributed by atoms with Crippen molar-refractivity contribution in [1.29, 1.82) is 0 Å². The van der Waals surface area contributed by atoms with Gasteiger partial charge in [0, 0.05) is 12.6 Å². The van der Waals surface area contributed by atoms with E-state index >= 15 is 0 Å². The molecule has 0 bridgehead atoms. The monoisotopic (exact) mass is 537 g/mol. The first kappa shape index (κ1) is 27.9. The average molecular weight is 538 g/mol. The summed E-state index contributed by atoms with van der Waals surface area (Å²) in [5.41, 5.74) is 1.88. The summed E-state index contributed by atoms with van der Waals surface area (Å²) in [6, 6.07) is 10.3. The highest BCUT2D eigenvalue weighted by Gasteiger charge is 2.31. The van der Waals surface area contributed by atoms with E-state index in [1.807, 2.05) is 31.2 Å². The molecule has 1 saturated carbocycles. The number of aryl methyl sites for hydroxylation is 1. The zero-order chi connectivity index (χ0) is 26.5. The van der Waals surface area contributed by atoms with Gasteiger partial charge in [-0.15, -0.1) is 0 Å². The lowest BCUT2D eigenvalue weighted by molar-refractivity contribution is -0.139. The first-order valence-corrected chi connectivity index (χ1v) is 14.3. The van der Waals surface area contributed by atoms with Crippen LogP contribution >= 0.6 is 11.6 Å². The van der Waals surface area contributed by atoms with Crippen LogP contribution in [0.4, 0.5) is 10.1 Å². The number of hydrogen-bond acceptors (Lipinski definition) is 4. The van der Waals surface area contributed by atoms with Crippen molar-refractivity contribution in [3.05, 3.63) is 64.4 Å². The number of amides is 2. The summed E-state index contributed by atoms with van der Waals surface area (Å²) < 4.78 is 39.8. The number of nitrogens with zero attached hydrogens (tertiary/aromatic N) is 2.